The molecule has 0 saturated heterocycles. The summed E-state index contributed by atoms with van der Waals surface area (Å²) in [4.78, 5) is 12.4. The van der Waals surface area contributed by atoms with E-state index in [-0.39, 0.29) is 30.4 Å². The van der Waals surface area contributed by atoms with Crippen LogP contribution in [-0.4, -0.2) is 12.6 Å². The third kappa shape index (κ3) is 6.69. The molecule has 1 aliphatic rings. The number of nitrogens with zero attached hydrogens (tertiary/aromatic N) is 1. The second-order valence-corrected chi connectivity index (χ2v) is 10.2. The van der Waals surface area contributed by atoms with Gasteiger partial charge in [-0.15, -0.1) is 0 Å². The number of ether oxygens (including phenoxy) is 4. The highest BCUT2D eigenvalue weighted by molar-refractivity contribution is 6.35. The van der Waals surface area contributed by atoms with Crippen molar-refractivity contribution in [2.24, 2.45) is 5.73 Å². The van der Waals surface area contributed by atoms with Crippen molar-refractivity contribution >= 4 is 40.8 Å². The molecule has 1 heterocycles. The van der Waals surface area contributed by atoms with Crippen molar-refractivity contribution in [3.63, 3.8) is 0 Å². The van der Waals surface area contributed by atoms with Crippen molar-refractivity contribution in [3.8, 4) is 29.1 Å². The SMILES string of the molecule is N#CC1=C(N)Oc2cc(OC(=O)COc3ccc(Cl)cc3)ccc2C1c1ccc(OCc2ccc(Cl)cc2Cl)cc1. The Morgan fingerprint density at radius 3 is 2.22 bits per heavy atom. The molecule has 206 valence electrons. The van der Waals surface area contributed by atoms with Crippen LogP contribution in [0, 0.1) is 11.3 Å². The molecule has 0 aliphatic carbocycles. The number of esters is 1. The van der Waals surface area contributed by atoms with E-state index in [1.807, 2.05) is 18.2 Å². The van der Waals surface area contributed by atoms with Gasteiger partial charge in [-0.25, -0.2) is 4.79 Å². The lowest BCUT2D eigenvalue weighted by Crippen LogP contribution is -2.21. The molecule has 4 aromatic rings. The Bertz CT molecular complexity index is 1670. The number of halogens is 3. The van der Waals surface area contributed by atoms with Gasteiger partial charge in [0.25, 0.3) is 0 Å². The maximum atomic E-state index is 12.4. The van der Waals surface area contributed by atoms with E-state index in [0.717, 1.165) is 11.1 Å². The van der Waals surface area contributed by atoms with Gasteiger partial charge in [0.05, 0.1) is 5.92 Å². The molecule has 0 saturated carbocycles. The number of fused-ring (bicyclic) bond motifs is 1. The van der Waals surface area contributed by atoms with Gasteiger partial charge in [0.15, 0.2) is 6.61 Å². The third-order valence-electron chi connectivity index (χ3n) is 6.22. The first-order chi connectivity index (χ1) is 19.8. The zero-order valence-corrected chi connectivity index (χ0v) is 23.5. The molecule has 0 amide bonds. The average molecular weight is 608 g/mol. The minimum Gasteiger partial charge on any atom is -0.489 e. The largest absolute Gasteiger partial charge is 0.489 e. The summed E-state index contributed by atoms with van der Waals surface area (Å²) < 4.78 is 22.5. The summed E-state index contributed by atoms with van der Waals surface area (Å²) in [5.74, 6) is 0.571. The maximum absolute atomic E-state index is 12.4. The van der Waals surface area contributed by atoms with Gasteiger partial charge in [-0.05, 0) is 60.2 Å². The number of benzene rings is 4. The van der Waals surface area contributed by atoms with Crippen molar-refractivity contribution in [3.05, 3.63) is 128 Å². The van der Waals surface area contributed by atoms with E-state index in [1.54, 1.807) is 66.7 Å². The molecule has 5 rings (SSSR count). The van der Waals surface area contributed by atoms with Crippen LogP contribution in [0.1, 0.15) is 22.6 Å². The highest BCUT2D eigenvalue weighted by atomic mass is 35.5. The summed E-state index contributed by atoms with van der Waals surface area (Å²) in [5, 5.41) is 11.5. The predicted octanol–water partition coefficient (Wildman–Crippen LogP) is 7.43. The minimum absolute atomic E-state index is 0.0303. The fourth-order valence-electron chi connectivity index (χ4n) is 4.23. The van der Waals surface area contributed by atoms with Crippen LogP contribution < -0.4 is 24.7 Å². The van der Waals surface area contributed by atoms with Crippen LogP contribution in [0.3, 0.4) is 0 Å². The second-order valence-electron chi connectivity index (χ2n) is 8.93. The van der Waals surface area contributed by atoms with Gasteiger partial charge < -0.3 is 24.7 Å². The first-order valence-electron chi connectivity index (χ1n) is 12.3. The van der Waals surface area contributed by atoms with E-state index in [4.69, 9.17) is 59.5 Å². The van der Waals surface area contributed by atoms with Crippen LogP contribution in [0.5, 0.6) is 23.0 Å². The zero-order chi connectivity index (χ0) is 28.9. The smallest absolute Gasteiger partial charge is 0.349 e. The van der Waals surface area contributed by atoms with E-state index in [9.17, 15) is 10.1 Å². The Balaban J connectivity index is 1.30. The van der Waals surface area contributed by atoms with Crippen molar-refractivity contribution < 1.29 is 23.7 Å². The van der Waals surface area contributed by atoms with Crippen molar-refractivity contribution in [2.75, 3.05) is 6.61 Å². The number of rotatable bonds is 8. The van der Waals surface area contributed by atoms with Crippen molar-refractivity contribution in [1.82, 2.24) is 0 Å². The summed E-state index contributed by atoms with van der Waals surface area (Å²) in [6.07, 6.45) is 0. The molecule has 0 aromatic heterocycles. The lowest BCUT2D eigenvalue weighted by Gasteiger charge is -2.26. The number of nitrogens with two attached hydrogens (primary N) is 1. The van der Waals surface area contributed by atoms with E-state index < -0.39 is 11.9 Å². The van der Waals surface area contributed by atoms with Gasteiger partial charge in [-0.3, -0.25) is 0 Å². The first-order valence-corrected chi connectivity index (χ1v) is 13.4. The van der Waals surface area contributed by atoms with Gasteiger partial charge in [-0.2, -0.15) is 5.26 Å². The molecule has 7 nitrogen and oxygen atoms in total. The Labute approximate surface area is 251 Å². The van der Waals surface area contributed by atoms with E-state index >= 15 is 0 Å². The quantitative estimate of drug-likeness (QED) is 0.164. The van der Waals surface area contributed by atoms with Gasteiger partial charge in [0, 0.05) is 32.3 Å². The molecule has 0 radical (unpaired) electrons. The summed E-state index contributed by atoms with van der Waals surface area (Å²) >= 11 is 18.1. The fourth-order valence-corrected chi connectivity index (χ4v) is 4.82. The van der Waals surface area contributed by atoms with Gasteiger partial charge in [-0.1, -0.05) is 59.1 Å². The molecule has 10 heteroatoms. The lowest BCUT2D eigenvalue weighted by molar-refractivity contribution is -0.136. The molecule has 1 atom stereocenters. The molecule has 0 spiro atoms. The molecular formula is C31H21Cl3N2O5. The average Bonchev–Trinajstić information content (AvgIpc) is 2.96. The van der Waals surface area contributed by atoms with Gasteiger partial charge in [0.1, 0.15) is 41.2 Å². The van der Waals surface area contributed by atoms with E-state index in [2.05, 4.69) is 6.07 Å². The highest BCUT2D eigenvalue weighted by Gasteiger charge is 2.31. The molecular weight excluding hydrogens is 587 g/mol. The summed E-state index contributed by atoms with van der Waals surface area (Å²) in [6, 6.07) is 26.2. The Kier molecular flexibility index (Phi) is 8.55. The summed E-state index contributed by atoms with van der Waals surface area (Å²) in [7, 11) is 0. The van der Waals surface area contributed by atoms with Crippen LogP contribution in [0.2, 0.25) is 15.1 Å². The number of carbonyl (C=O) groups excluding carboxylic acids is 1. The number of carbonyl (C=O) groups is 1. The first kappa shape index (κ1) is 28.2. The second kappa shape index (κ2) is 12.4. The number of hydrogen-bond acceptors (Lipinski definition) is 7. The molecule has 2 N–H and O–H groups in total. The number of hydrogen-bond donors (Lipinski definition) is 1. The standard InChI is InChI=1S/C31H21Cl3N2O5/c32-20-5-9-23(10-6-20)39-17-29(37)40-24-11-12-25-28(14-24)41-31(36)26(15-35)30(25)18-2-7-22(8-3-18)38-16-19-1-4-21(33)13-27(19)34/h1-14,30H,16-17,36H2. The Hall–Kier alpha value is -4.35. The highest BCUT2D eigenvalue weighted by Crippen LogP contribution is 2.43. The number of nitriles is 1. The molecule has 1 unspecified atom stereocenters. The van der Waals surface area contributed by atoms with Crippen LogP contribution in [0.4, 0.5) is 0 Å². The zero-order valence-electron chi connectivity index (χ0n) is 21.3. The van der Waals surface area contributed by atoms with Gasteiger partial charge in [0.2, 0.25) is 5.88 Å². The molecule has 0 fully saturated rings. The normalized spacial score (nSPS) is 14.0. The maximum Gasteiger partial charge on any atom is 0.349 e. The molecule has 0 bridgehead atoms. The lowest BCUT2D eigenvalue weighted by atomic mass is 9.83. The predicted molar refractivity (Wildman–Crippen MR) is 156 cm³/mol. The third-order valence-corrected chi connectivity index (χ3v) is 7.05. The van der Waals surface area contributed by atoms with Crippen LogP contribution in [0.25, 0.3) is 0 Å². The molecule has 4 aromatic carbocycles. The van der Waals surface area contributed by atoms with Crippen LogP contribution in [0.15, 0.2) is 96.4 Å². The van der Waals surface area contributed by atoms with E-state index in [1.165, 1.54) is 0 Å². The van der Waals surface area contributed by atoms with Crippen LogP contribution in [-0.2, 0) is 11.4 Å². The Morgan fingerprint density at radius 2 is 1.51 bits per heavy atom. The minimum atomic E-state index is -0.607. The topological polar surface area (TPSA) is 104 Å². The summed E-state index contributed by atoms with van der Waals surface area (Å²) in [6.45, 7) is -0.0422. The van der Waals surface area contributed by atoms with Crippen LogP contribution >= 0.6 is 34.8 Å². The van der Waals surface area contributed by atoms with Gasteiger partial charge >= 0.3 is 5.97 Å². The summed E-state index contributed by atoms with van der Waals surface area (Å²) in [5.41, 5.74) is 8.68. The van der Waals surface area contributed by atoms with Crippen molar-refractivity contribution in [1.29, 1.82) is 5.26 Å². The molecule has 1 aliphatic heterocycles. The number of allylic oxidation sites excluding steroid dienone is 1. The monoisotopic (exact) mass is 606 g/mol. The molecule has 41 heavy (non-hydrogen) atoms. The fraction of sp³-hybridized carbons (Fsp3) is 0.0968. The Morgan fingerprint density at radius 1 is 0.854 bits per heavy atom. The van der Waals surface area contributed by atoms with Crippen molar-refractivity contribution in [2.45, 2.75) is 12.5 Å². The van der Waals surface area contributed by atoms with E-state index in [0.29, 0.717) is 37.9 Å².